The van der Waals surface area contributed by atoms with Gasteiger partial charge in [0, 0.05) is 18.7 Å². The molecule has 1 saturated heterocycles. The van der Waals surface area contributed by atoms with Gasteiger partial charge in [0.25, 0.3) is 0 Å². The number of nitrogens with one attached hydrogen (secondary N) is 3. The van der Waals surface area contributed by atoms with Crippen LogP contribution in [-0.4, -0.2) is 75.5 Å². The van der Waals surface area contributed by atoms with Crippen LogP contribution < -0.4 is 16.0 Å². The normalized spacial score (nSPS) is 18.8. The summed E-state index contributed by atoms with van der Waals surface area (Å²) < 4.78 is 0. The van der Waals surface area contributed by atoms with Crippen molar-refractivity contribution in [2.24, 2.45) is 17.8 Å². The third-order valence-corrected chi connectivity index (χ3v) is 8.70. The van der Waals surface area contributed by atoms with E-state index in [4.69, 9.17) is 0 Å². The average molecular weight is 641 g/mol. The Hall–Kier alpha value is -3.66. The number of hydrogen-bond acceptors (Lipinski definition) is 7. The third-order valence-electron chi connectivity index (χ3n) is 8.70. The van der Waals surface area contributed by atoms with Crippen LogP contribution in [0.15, 0.2) is 54.9 Å². The van der Waals surface area contributed by atoms with E-state index < -0.39 is 47.9 Å². The second-order valence-corrected chi connectivity index (χ2v) is 13.2. The average Bonchev–Trinajstić information content (AvgIpc) is 3.45. The van der Waals surface area contributed by atoms with Gasteiger partial charge >= 0.3 is 5.97 Å². The van der Waals surface area contributed by atoms with Crippen molar-refractivity contribution in [3.63, 3.8) is 0 Å². The van der Waals surface area contributed by atoms with Crippen molar-refractivity contribution in [2.75, 3.05) is 6.54 Å². The molecular formula is C36H56N4O6. The second kappa shape index (κ2) is 18.5. The molecule has 2 amide bonds. The van der Waals surface area contributed by atoms with Gasteiger partial charge < -0.3 is 31.1 Å². The summed E-state index contributed by atoms with van der Waals surface area (Å²) in [5.41, 5.74) is 1.06. The molecule has 1 aromatic carbocycles. The van der Waals surface area contributed by atoms with Crippen molar-refractivity contribution in [1.29, 1.82) is 0 Å². The Morgan fingerprint density at radius 3 is 2.13 bits per heavy atom. The summed E-state index contributed by atoms with van der Waals surface area (Å²) in [5.74, 6) is -2.59. The number of Topliss-reactive ketones (excluding diaryl/α,β-unsaturated/α-hetero) is 1. The molecule has 0 bridgehead atoms. The predicted octanol–water partition coefficient (Wildman–Crippen LogP) is 4.19. The first-order valence-corrected chi connectivity index (χ1v) is 16.7. The molecule has 46 heavy (non-hydrogen) atoms. The lowest BCUT2D eigenvalue weighted by Crippen LogP contribution is -2.57. The van der Waals surface area contributed by atoms with E-state index in [2.05, 4.69) is 36.0 Å². The number of carbonyl (C=O) groups excluding carboxylic acids is 3. The fraction of sp³-hybridized carbons (Fsp3) is 0.611. The number of amides is 2. The number of nitrogens with zero attached hydrogens (tertiary/aromatic N) is 1. The van der Waals surface area contributed by atoms with Gasteiger partial charge in [-0.05, 0) is 42.6 Å². The highest BCUT2D eigenvalue weighted by Crippen LogP contribution is 2.31. The molecule has 0 saturated carbocycles. The molecule has 0 spiro atoms. The summed E-state index contributed by atoms with van der Waals surface area (Å²) in [5, 5.41) is 29.2. The van der Waals surface area contributed by atoms with Crippen molar-refractivity contribution in [1.82, 2.24) is 20.9 Å². The number of carbonyl (C=O) groups is 4. The van der Waals surface area contributed by atoms with Crippen LogP contribution in [0.3, 0.4) is 0 Å². The quantitative estimate of drug-likeness (QED) is 0.133. The molecular weight excluding hydrogens is 584 g/mol. The molecule has 2 unspecified atom stereocenters. The van der Waals surface area contributed by atoms with Crippen LogP contribution in [0.25, 0.3) is 0 Å². The van der Waals surface area contributed by atoms with Gasteiger partial charge in [0.2, 0.25) is 11.8 Å². The number of rotatable bonds is 20. The molecule has 0 aromatic heterocycles. The zero-order valence-electron chi connectivity index (χ0n) is 28.6. The monoisotopic (exact) mass is 640 g/mol. The van der Waals surface area contributed by atoms with E-state index in [1.165, 1.54) is 0 Å². The van der Waals surface area contributed by atoms with Gasteiger partial charge in [-0.25, -0.2) is 4.79 Å². The van der Waals surface area contributed by atoms with E-state index in [1.807, 2.05) is 65.0 Å². The maximum atomic E-state index is 14.1. The van der Waals surface area contributed by atoms with Crippen LogP contribution in [0.5, 0.6) is 0 Å². The number of unbranched alkanes of at least 4 members (excludes halogenated alkanes) is 1. The van der Waals surface area contributed by atoms with Crippen LogP contribution in [0, 0.1) is 17.8 Å². The van der Waals surface area contributed by atoms with Gasteiger partial charge in [-0.3, -0.25) is 14.4 Å². The van der Waals surface area contributed by atoms with Gasteiger partial charge in [0.15, 0.2) is 5.78 Å². The molecule has 1 fully saturated rings. The number of benzene rings is 1. The Labute approximate surface area is 275 Å². The first kappa shape index (κ1) is 38.5. The number of likely N-dealkylation sites (tertiary alicyclic amines) is 1. The first-order valence-electron chi connectivity index (χ1n) is 16.7. The van der Waals surface area contributed by atoms with Crippen molar-refractivity contribution in [3.8, 4) is 0 Å². The summed E-state index contributed by atoms with van der Waals surface area (Å²) in [6.07, 6.45) is 3.49. The topological polar surface area (TPSA) is 148 Å². The lowest BCUT2D eigenvalue weighted by molar-refractivity contribution is -0.142. The SMILES string of the molecule is C=C(N[C@@H](Cc1ccccc1)C(=O)O)C(=O)C(CCC)NC(=O)C1[C@@H](CCCC)CCN1C(=O)[C@@H](NC(=C)[C@@H](O)C(C)C)C(C)C. The molecule has 6 atom stereocenters. The van der Waals surface area contributed by atoms with Gasteiger partial charge in [0.05, 0.1) is 17.8 Å². The van der Waals surface area contributed by atoms with E-state index in [9.17, 15) is 29.4 Å². The van der Waals surface area contributed by atoms with Crippen LogP contribution in [0.2, 0.25) is 0 Å². The molecule has 2 rings (SSSR count). The van der Waals surface area contributed by atoms with Crippen molar-refractivity contribution >= 4 is 23.6 Å². The molecule has 256 valence electrons. The van der Waals surface area contributed by atoms with Gasteiger partial charge in [-0.1, -0.05) is 104 Å². The van der Waals surface area contributed by atoms with Gasteiger partial charge in [-0.15, -0.1) is 0 Å². The molecule has 0 radical (unpaired) electrons. The molecule has 1 aliphatic rings. The number of carboxylic acids is 1. The van der Waals surface area contributed by atoms with Crippen LogP contribution in [-0.2, 0) is 25.6 Å². The van der Waals surface area contributed by atoms with Crippen molar-refractivity contribution in [2.45, 2.75) is 117 Å². The third kappa shape index (κ3) is 10.7. The maximum absolute atomic E-state index is 14.1. The lowest BCUT2D eigenvalue weighted by atomic mass is 9.92. The zero-order chi connectivity index (χ0) is 34.6. The minimum absolute atomic E-state index is 0.0814. The molecule has 1 heterocycles. The van der Waals surface area contributed by atoms with E-state index in [1.54, 1.807) is 4.90 Å². The van der Waals surface area contributed by atoms with Gasteiger partial charge in [-0.2, -0.15) is 0 Å². The second-order valence-electron chi connectivity index (χ2n) is 13.2. The number of aliphatic hydroxyl groups excluding tert-OH is 1. The number of ketones is 1. The molecule has 1 aliphatic heterocycles. The van der Waals surface area contributed by atoms with E-state index in [0.717, 1.165) is 24.8 Å². The highest BCUT2D eigenvalue weighted by atomic mass is 16.4. The minimum atomic E-state index is -1.12. The molecule has 0 aliphatic carbocycles. The van der Waals surface area contributed by atoms with Crippen LogP contribution in [0.1, 0.15) is 85.6 Å². The Morgan fingerprint density at radius 1 is 0.935 bits per heavy atom. The molecule has 10 heteroatoms. The van der Waals surface area contributed by atoms with Crippen LogP contribution >= 0.6 is 0 Å². The standard InChI is InChI=1S/C36H56N4O6/c1-9-11-18-27-19-20-40(35(44)30(22(3)4)38-24(7)32(41)23(5)6)31(27)34(43)39-28(15-10-2)33(42)25(8)37-29(36(45)46)21-26-16-13-12-14-17-26/h12-14,16-17,22-23,27-32,37-38,41H,7-11,15,18-21H2,1-6H3,(H,39,43)(H,45,46)/t27-,28?,29-,30-,31?,32-/m0/s1. The zero-order valence-corrected chi connectivity index (χ0v) is 28.6. The molecule has 1 aromatic rings. The van der Waals surface area contributed by atoms with Gasteiger partial charge in [0.1, 0.15) is 18.1 Å². The predicted molar refractivity (Wildman–Crippen MR) is 181 cm³/mol. The minimum Gasteiger partial charge on any atom is -0.480 e. The highest BCUT2D eigenvalue weighted by molar-refractivity contribution is 6.02. The number of carboxylic acid groups (broad SMARTS) is 1. The Bertz CT molecular complexity index is 1200. The number of aliphatic carboxylic acids is 1. The Morgan fingerprint density at radius 2 is 1.59 bits per heavy atom. The van der Waals surface area contributed by atoms with Crippen molar-refractivity contribution < 1.29 is 29.4 Å². The smallest absolute Gasteiger partial charge is 0.326 e. The Balaban J connectivity index is 2.28. The number of aliphatic hydroxyl groups is 1. The summed E-state index contributed by atoms with van der Waals surface area (Å²) >= 11 is 0. The molecule has 10 nitrogen and oxygen atoms in total. The van der Waals surface area contributed by atoms with E-state index in [-0.39, 0.29) is 35.8 Å². The summed E-state index contributed by atoms with van der Waals surface area (Å²) in [6, 6.07) is 5.61. The van der Waals surface area contributed by atoms with Crippen LogP contribution in [0.4, 0.5) is 0 Å². The summed E-state index contributed by atoms with van der Waals surface area (Å²) in [6.45, 7) is 19.7. The van der Waals surface area contributed by atoms with E-state index >= 15 is 0 Å². The Kier molecular flexibility index (Phi) is 15.5. The fourth-order valence-electron chi connectivity index (χ4n) is 5.96. The largest absolute Gasteiger partial charge is 0.480 e. The fourth-order valence-corrected chi connectivity index (χ4v) is 5.96. The summed E-state index contributed by atoms with van der Waals surface area (Å²) in [4.78, 5) is 55.3. The van der Waals surface area contributed by atoms with Crippen molar-refractivity contribution in [3.05, 3.63) is 60.4 Å². The highest BCUT2D eigenvalue weighted by Gasteiger charge is 2.44. The molecule has 5 N–H and O–H groups in total. The van der Waals surface area contributed by atoms with E-state index in [0.29, 0.717) is 31.5 Å². The summed E-state index contributed by atoms with van der Waals surface area (Å²) in [7, 11) is 0. The first-order chi connectivity index (χ1) is 21.7. The number of hydrogen-bond donors (Lipinski definition) is 5. The maximum Gasteiger partial charge on any atom is 0.326 e. The lowest BCUT2D eigenvalue weighted by Gasteiger charge is -2.34.